The Morgan fingerprint density at radius 1 is 1.22 bits per heavy atom. The van der Waals surface area contributed by atoms with E-state index in [1.807, 2.05) is 30.3 Å². The standard InChI is InChI=1S/C16H16F2N2O3/c1-2-23-16(21)12-8-19-13(20-14(12)15(17)18)10-22-9-11-6-4-3-5-7-11/h3-8,15H,2,9-10H2,1H3. The smallest absolute Gasteiger partial charge is 0.341 e. The fourth-order valence-corrected chi connectivity index (χ4v) is 1.87. The van der Waals surface area contributed by atoms with Crippen molar-refractivity contribution in [3.8, 4) is 0 Å². The number of halogens is 2. The first-order chi connectivity index (χ1) is 11.1. The van der Waals surface area contributed by atoms with E-state index < -0.39 is 18.1 Å². The maximum absolute atomic E-state index is 13.1. The van der Waals surface area contributed by atoms with Gasteiger partial charge in [-0.15, -0.1) is 0 Å². The zero-order chi connectivity index (χ0) is 16.7. The molecule has 0 spiro atoms. The number of carbonyl (C=O) groups excluding carboxylic acids is 1. The molecule has 0 atom stereocenters. The summed E-state index contributed by atoms with van der Waals surface area (Å²) in [5, 5.41) is 0. The Hall–Kier alpha value is -2.41. The minimum atomic E-state index is -2.90. The zero-order valence-corrected chi connectivity index (χ0v) is 12.5. The van der Waals surface area contributed by atoms with E-state index in [0.717, 1.165) is 11.8 Å². The molecule has 2 rings (SSSR count). The van der Waals surface area contributed by atoms with Crippen molar-refractivity contribution in [2.24, 2.45) is 0 Å². The van der Waals surface area contributed by atoms with Gasteiger partial charge < -0.3 is 9.47 Å². The minimum absolute atomic E-state index is 0.0300. The first-order valence-electron chi connectivity index (χ1n) is 7.04. The van der Waals surface area contributed by atoms with Crippen LogP contribution in [0.25, 0.3) is 0 Å². The Labute approximate surface area is 132 Å². The number of alkyl halides is 2. The summed E-state index contributed by atoms with van der Waals surface area (Å²) in [4.78, 5) is 19.2. The number of esters is 1. The van der Waals surface area contributed by atoms with Crippen LogP contribution in [-0.2, 0) is 22.7 Å². The van der Waals surface area contributed by atoms with Crippen molar-refractivity contribution in [1.29, 1.82) is 0 Å². The van der Waals surface area contributed by atoms with Gasteiger partial charge >= 0.3 is 5.97 Å². The fourth-order valence-electron chi connectivity index (χ4n) is 1.87. The highest BCUT2D eigenvalue weighted by Gasteiger charge is 2.22. The first kappa shape index (κ1) is 17.0. The predicted octanol–water partition coefficient (Wildman–Crippen LogP) is 3.31. The summed E-state index contributed by atoms with van der Waals surface area (Å²) in [6.45, 7) is 1.96. The molecule has 0 amide bonds. The third-order valence-corrected chi connectivity index (χ3v) is 2.91. The van der Waals surface area contributed by atoms with E-state index in [1.54, 1.807) is 6.92 Å². The average molecular weight is 322 g/mol. The molecule has 0 fully saturated rings. The van der Waals surface area contributed by atoms with Crippen LogP contribution in [0.5, 0.6) is 0 Å². The normalized spacial score (nSPS) is 10.8. The van der Waals surface area contributed by atoms with E-state index in [9.17, 15) is 13.6 Å². The number of aromatic nitrogens is 2. The van der Waals surface area contributed by atoms with Gasteiger partial charge in [-0.05, 0) is 12.5 Å². The minimum Gasteiger partial charge on any atom is -0.462 e. The largest absolute Gasteiger partial charge is 0.462 e. The summed E-state index contributed by atoms with van der Waals surface area (Å²) in [5.74, 6) is -0.774. The van der Waals surface area contributed by atoms with Gasteiger partial charge in [0.25, 0.3) is 6.43 Å². The van der Waals surface area contributed by atoms with Crippen molar-refractivity contribution in [3.05, 3.63) is 59.2 Å². The first-order valence-corrected chi connectivity index (χ1v) is 7.04. The molecule has 0 aliphatic heterocycles. The highest BCUT2D eigenvalue weighted by molar-refractivity contribution is 5.90. The van der Waals surface area contributed by atoms with E-state index in [4.69, 9.17) is 9.47 Å². The molecule has 0 unspecified atom stereocenters. The van der Waals surface area contributed by atoms with Gasteiger partial charge in [-0.3, -0.25) is 0 Å². The van der Waals surface area contributed by atoms with Gasteiger partial charge in [0.2, 0.25) is 0 Å². The van der Waals surface area contributed by atoms with Crippen LogP contribution in [0.1, 0.15) is 40.8 Å². The van der Waals surface area contributed by atoms with Crippen molar-refractivity contribution in [2.45, 2.75) is 26.6 Å². The molecule has 1 heterocycles. The van der Waals surface area contributed by atoms with E-state index in [1.165, 1.54) is 0 Å². The molecule has 0 aliphatic carbocycles. The second-order valence-electron chi connectivity index (χ2n) is 4.58. The van der Waals surface area contributed by atoms with Gasteiger partial charge in [0, 0.05) is 6.20 Å². The van der Waals surface area contributed by atoms with Crippen LogP contribution in [0, 0.1) is 0 Å². The highest BCUT2D eigenvalue weighted by atomic mass is 19.3. The summed E-state index contributed by atoms with van der Waals surface area (Å²) >= 11 is 0. The van der Waals surface area contributed by atoms with Crippen LogP contribution in [-0.4, -0.2) is 22.5 Å². The van der Waals surface area contributed by atoms with Crippen LogP contribution >= 0.6 is 0 Å². The molecule has 0 radical (unpaired) electrons. The van der Waals surface area contributed by atoms with Gasteiger partial charge in [-0.25, -0.2) is 23.5 Å². The van der Waals surface area contributed by atoms with Gasteiger partial charge in [0.15, 0.2) is 5.82 Å². The molecule has 0 bridgehead atoms. The third-order valence-electron chi connectivity index (χ3n) is 2.91. The zero-order valence-electron chi connectivity index (χ0n) is 12.5. The summed E-state index contributed by atoms with van der Waals surface area (Å²) in [6.07, 6.45) is -1.85. The van der Waals surface area contributed by atoms with E-state index >= 15 is 0 Å². The summed E-state index contributed by atoms with van der Waals surface area (Å²) < 4.78 is 36.2. The van der Waals surface area contributed by atoms with Crippen LogP contribution in [0.3, 0.4) is 0 Å². The SMILES string of the molecule is CCOC(=O)c1cnc(COCc2ccccc2)nc1C(F)F. The average Bonchev–Trinajstić information content (AvgIpc) is 2.56. The van der Waals surface area contributed by atoms with Gasteiger partial charge in [-0.1, -0.05) is 30.3 Å². The molecule has 1 aromatic heterocycles. The number of hydrogen-bond acceptors (Lipinski definition) is 5. The van der Waals surface area contributed by atoms with Crippen molar-refractivity contribution < 1.29 is 23.0 Å². The van der Waals surface area contributed by atoms with E-state index in [0.29, 0.717) is 6.61 Å². The Bertz CT molecular complexity index is 651. The van der Waals surface area contributed by atoms with Crippen molar-refractivity contribution >= 4 is 5.97 Å². The van der Waals surface area contributed by atoms with Gasteiger partial charge in [0.05, 0.1) is 13.2 Å². The van der Waals surface area contributed by atoms with Crippen molar-refractivity contribution in [3.63, 3.8) is 0 Å². The Balaban J connectivity index is 2.05. The lowest BCUT2D eigenvalue weighted by Gasteiger charge is -2.09. The predicted molar refractivity (Wildman–Crippen MR) is 77.9 cm³/mol. The molecule has 0 aliphatic rings. The van der Waals surface area contributed by atoms with Crippen molar-refractivity contribution in [2.75, 3.05) is 6.61 Å². The molecular formula is C16H16F2N2O3. The summed E-state index contributed by atoms with van der Waals surface area (Å²) in [5.41, 5.74) is -0.0184. The third kappa shape index (κ3) is 4.79. The van der Waals surface area contributed by atoms with Crippen LogP contribution in [0.4, 0.5) is 8.78 Å². The molecule has 0 saturated heterocycles. The Kier molecular flexibility index (Phi) is 6.10. The molecule has 2 aromatic rings. The summed E-state index contributed by atoms with van der Waals surface area (Å²) in [7, 11) is 0. The topological polar surface area (TPSA) is 61.3 Å². The molecule has 7 heteroatoms. The number of benzene rings is 1. The number of ether oxygens (including phenoxy) is 2. The molecule has 0 N–H and O–H groups in total. The van der Waals surface area contributed by atoms with Gasteiger partial charge in [0.1, 0.15) is 17.9 Å². The number of hydrogen-bond donors (Lipinski definition) is 0. The molecule has 23 heavy (non-hydrogen) atoms. The highest BCUT2D eigenvalue weighted by Crippen LogP contribution is 2.21. The van der Waals surface area contributed by atoms with Crippen molar-refractivity contribution in [1.82, 2.24) is 9.97 Å². The maximum atomic E-state index is 13.1. The quantitative estimate of drug-likeness (QED) is 0.732. The molecule has 122 valence electrons. The molecule has 5 nitrogen and oxygen atoms in total. The molecule has 0 saturated carbocycles. The lowest BCUT2D eigenvalue weighted by molar-refractivity contribution is 0.0511. The second kappa shape index (κ2) is 8.28. The van der Waals surface area contributed by atoms with Crippen LogP contribution < -0.4 is 0 Å². The maximum Gasteiger partial charge on any atom is 0.341 e. The monoisotopic (exact) mass is 322 g/mol. The van der Waals surface area contributed by atoms with E-state index in [-0.39, 0.29) is 24.6 Å². The lowest BCUT2D eigenvalue weighted by atomic mass is 10.2. The fraction of sp³-hybridized carbons (Fsp3) is 0.312. The Morgan fingerprint density at radius 2 is 1.96 bits per heavy atom. The Morgan fingerprint density at radius 3 is 2.61 bits per heavy atom. The van der Waals surface area contributed by atoms with E-state index in [2.05, 4.69) is 9.97 Å². The van der Waals surface area contributed by atoms with Crippen LogP contribution in [0.2, 0.25) is 0 Å². The number of rotatable bonds is 7. The number of nitrogens with zero attached hydrogens (tertiary/aromatic N) is 2. The lowest BCUT2D eigenvalue weighted by Crippen LogP contribution is -2.13. The van der Waals surface area contributed by atoms with Crippen LogP contribution in [0.15, 0.2) is 36.5 Å². The van der Waals surface area contributed by atoms with Gasteiger partial charge in [-0.2, -0.15) is 0 Å². The molecule has 1 aromatic carbocycles. The summed E-state index contributed by atoms with van der Waals surface area (Å²) in [6, 6.07) is 9.40. The molecular weight excluding hydrogens is 306 g/mol. The number of carbonyl (C=O) groups is 1. The second-order valence-corrected chi connectivity index (χ2v) is 4.58.